The van der Waals surface area contributed by atoms with E-state index in [9.17, 15) is 9.36 Å². The zero-order valence-corrected chi connectivity index (χ0v) is 31.1. The quantitative estimate of drug-likeness (QED) is 0.0984. The van der Waals surface area contributed by atoms with E-state index in [1.54, 1.807) is 20.4 Å². The Labute approximate surface area is 300 Å². The standard InChI is InChI=1S/C15H20ClN3O2.C15H19N3O3.CH4.Cl3OP/c1-8(2)10-6-11(20-4)9(3)5-12(10)21-13-7-18-15(17)19-14(13)16;1-8(2)10-6-11(20-4)9(3)5-12(10)21-13-7-17-15(16)18-14(13)19;;1-5(2,3)4/h5-8,14H,1-4H3,(H3,17,18,19);5-8H,1-4H3,(H3,16,17,18,19);1H4;. The van der Waals surface area contributed by atoms with E-state index in [0.717, 1.165) is 39.5 Å². The third-order valence-electron chi connectivity index (χ3n) is 6.38. The lowest BCUT2D eigenvalue weighted by Gasteiger charge is -2.21. The Bertz CT molecular complexity index is 1700. The molecule has 2 heterocycles. The third-order valence-corrected chi connectivity index (χ3v) is 6.69. The van der Waals surface area contributed by atoms with E-state index < -0.39 is 16.3 Å². The molecule has 1 unspecified atom stereocenters. The van der Waals surface area contributed by atoms with Crippen LogP contribution in [0.3, 0.4) is 0 Å². The van der Waals surface area contributed by atoms with Gasteiger partial charge in [0, 0.05) is 17.3 Å². The molecule has 0 aliphatic carbocycles. The Morgan fingerprint density at radius 3 is 1.69 bits per heavy atom. The second-order valence-corrected chi connectivity index (χ2v) is 17.7. The number of hydrogen-bond acceptors (Lipinski definition) is 11. The number of nitrogens with one attached hydrogen (secondary N) is 2. The fraction of sp³-hybridized carbons (Fsp3) is 0.387. The molecule has 0 saturated carbocycles. The van der Waals surface area contributed by atoms with Crippen LogP contribution in [0.25, 0.3) is 0 Å². The number of H-pyrrole nitrogens is 1. The fourth-order valence-electron chi connectivity index (χ4n) is 4.10. The number of aryl methyl sites for hydroxylation is 2. The Morgan fingerprint density at radius 2 is 1.29 bits per heavy atom. The van der Waals surface area contributed by atoms with Gasteiger partial charge in [-0.1, -0.05) is 46.7 Å². The maximum atomic E-state index is 11.8. The first-order valence-electron chi connectivity index (χ1n) is 14.0. The van der Waals surface area contributed by atoms with Crippen LogP contribution in [0.15, 0.2) is 52.2 Å². The maximum absolute atomic E-state index is 11.8. The van der Waals surface area contributed by atoms with Crippen molar-refractivity contribution in [3.63, 3.8) is 0 Å². The Kier molecular flexibility index (Phi) is 17.0. The number of aromatic nitrogens is 2. The van der Waals surface area contributed by atoms with E-state index in [2.05, 4.69) is 67.8 Å². The Balaban J connectivity index is 0.000000413. The number of guanidine groups is 1. The van der Waals surface area contributed by atoms with Crippen LogP contribution >= 0.6 is 50.5 Å². The van der Waals surface area contributed by atoms with Gasteiger partial charge in [0.15, 0.2) is 23.2 Å². The molecular weight excluding hydrogens is 725 g/mol. The molecule has 0 bridgehead atoms. The van der Waals surface area contributed by atoms with Crippen molar-refractivity contribution in [1.82, 2.24) is 15.3 Å². The summed E-state index contributed by atoms with van der Waals surface area (Å²) in [6, 6.07) is 7.71. The minimum Gasteiger partial charge on any atom is -0.496 e. The maximum Gasteiger partial charge on any atom is 0.339 e. The highest BCUT2D eigenvalue weighted by Crippen LogP contribution is 2.61. The molecular formula is C31H43Cl4N6O6P. The van der Waals surface area contributed by atoms with Crippen molar-refractivity contribution in [3.8, 4) is 28.7 Å². The molecule has 1 aliphatic rings. The summed E-state index contributed by atoms with van der Waals surface area (Å²) < 4.78 is 31.9. The fourth-order valence-corrected chi connectivity index (χ4v) is 4.32. The number of halogens is 4. The highest BCUT2D eigenvalue weighted by atomic mass is 36.0. The smallest absolute Gasteiger partial charge is 0.339 e. The molecule has 0 radical (unpaired) electrons. The van der Waals surface area contributed by atoms with Gasteiger partial charge < -0.3 is 35.7 Å². The molecule has 1 aromatic heterocycles. The SMILES string of the molecule is C.COc1cc(C(C)C)c(OC2=CNC(N)=NC2Cl)cc1C.COc1cc(C(C)C)c(Oc2cnc(N)[nH]c2=O)cc1C.O=P(Cl)(Cl)Cl. The van der Waals surface area contributed by atoms with Crippen LogP contribution in [-0.2, 0) is 4.57 Å². The first-order chi connectivity index (χ1) is 21.8. The van der Waals surface area contributed by atoms with Crippen LogP contribution in [0.2, 0.25) is 0 Å². The van der Waals surface area contributed by atoms with Crippen LogP contribution in [0, 0.1) is 13.8 Å². The van der Waals surface area contributed by atoms with Crippen molar-refractivity contribution in [3.05, 3.63) is 75.0 Å². The predicted octanol–water partition coefficient (Wildman–Crippen LogP) is 8.86. The van der Waals surface area contributed by atoms with Crippen molar-refractivity contribution >= 4 is 62.4 Å². The van der Waals surface area contributed by atoms with Gasteiger partial charge in [-0.15, -0.1) is 0 Å². The van der Waals surface area contributed by atoms with Gasteiger partial charge in [0.2, 0.25) is 5.75 Å². The number of anilines is 1. The zero-order chi connectivity index (χ0) is 35.6. The number of alkyl halides is 1. The van der Waals surface area contributed by atoms with Crippen molar-refractivity contribution in [1.29, 1.82) is 0 Å². The van der Waals surface area contributed by atoms with Crippen LogP contribution in [-0.4, -0.2) is 35.6 Å². The summed E-state index contributed by atoms with van der Waals surface area (Å²) in [6.07, 6.45) is 2.95. The molecule has 266 valence electrons. The van der Waals surface area contributed by atoms with E-state index in [0.29, 0.717) is 11.5 Å². The normalized spacial score (nSPS) is 13.8. The summed E-state index contributed by atoms with van der Waals surface area (Å²) in [4.78, 5) is 22.1. The van der Waals surface area contributed by atoms with Gasteiger partial charge in [0.1, 0.15) is 23.0 Å². The second kappa shape index (κ2) is 19.0. The van der Waals surface area contributed by atoms with Gasteiger partial charge in [-0.3, -0.25) is 14.3 Å². The van der Waals surface area contributed by atoms with Crippen molar-refractivity contribution in [2.24, 2.45) is 10.7 Å². The molecule has 3 aromatic rings. The van der Waals surface area contributed by atoms with Gasteiger partial charge in [-0.05, 0) is 94.8 Å². The van der Waals surface area contributed by atoms with Gasteiger partial charge in [0.25, 0.3) is 5.56 Å². The number of methoxy groups -OCH3 is 2. The average Bonchev–Trinajstić information content (AvgIpc) is 2.95. The van der Waals surface area contributed by atoms with Crippen molar-refractivity contribution in [2.75, 3.05) is 20.0 Å². The van der Waals surface area contributed by atoms with Gasteiger partial charge in [-0.25, -0.2) is 9.98 Å². The van der Waals surface area contributed by atoms with Gasteiger partial charge in [0.05, 0.1) is 20.4 Å². The summed E-state index contributed by atoms with van der Waals surface area (Å²) in [5, 5.41) is -0.422. The van der Waals surface area contributed by atoms with E-state index in [-0.39, 0.29) is 36.9 Å². The molecule has 0 spiro atoms. The third kappa shape index (κ3) is 13.3. The van der Waals surface area contributed by atoms with E-state index in [1.807, 2.05) is 52.0 Å². The Hall–Kier alpha value is -3.28. The highest BCUT2D eigenvalue weighted by molar-refractivity contribution is 8.24. The lowest BCUT2D eigenvalue weighted by Crippen LogP contribution is -2.33. The lowest BCUT2D eigenvalue weighted by molar-refractivity contribution is 0.388. The number of benzene rings is 2. The highest BCUT2D eigenvalue weighted by Gasteiger charge is 2.20. The van der Waals surface area contributed by atoms with Crippen LogP contribution in [0.1, 0.15) is 69.2 Å². The zero-order valence-electron chi connectivity index (χ0n) is 27.2. The molecule has 48 heavy (non-hydrogen) atoms. The van der Waals surface area contributed by atoms with E-state index in [1.165, 1.54) is 6.20 Å². The summed E-state index contributed by atoms with van der Waals surface area (Å²) in [6.45, 7) is 12.2. The van der Waals surface area contributed by atoms with Gasteiger partial charge in [-0.2, -0.15) is 0 Å². The molecule has 12 nitrogen and oxygen atoms in total. The number of ether oxygens (including phenoxy) is 4. The number of hydrogen-bond donors (Lipinski definition) is 4. The molecule has 1 aliphatic heterocycles. The molecule has 17 heteroatoms. The largest absolute Gasteiger partial charge is 0.496 e. The molecule has 1 atom stereocenters. The minimum absolute atomic E-state index is 0. The van der Waals surface area contributed by atoms with Crippen molar-refractivity contribution in [2.45, 2.75) is 66.3 Å². The van der Waals surface area contributed by atoms with Crippen molar-refractivity contribution < 1.29 is 23.5 Å². The van der Waals surface area contributed by atoms with E-state index >= 15 is 0 Å². The first kappa shape index (κ1) is 42.7. The summed E-state index contributed by atoms with van der Waals surface area (Å²) in [5.74, 6) is 4.44. The van der Waals surface area contributed by atoms with E-state index in [4.69, 9.17) is 42.0 Å². The lowest BCUT2D eigenvalue weighted by atomic mass is 10.00. The summed E-state index contributed by atoms with van der Waals surface area (Å²) >= 11 is 20.0. The monoisotopic (exact) mass is 766 g/mol. The predicted molar refractivity (Wildman–Crippen MR) is 198 cm³/mol. The molecule has 2 aromatic carbocycles. The van der Waals surface area contributed by atoms with Crippen LogP contribution < -0.4 is 41.3 Å². The number of aromatic amines is 1. The van der Waals surface area contributed by atoms with Crippen LogP contribution in [0.5, 0.6) is 28.7 Å². The average molecular weight is 769 g/mol. The molecule has 0 fully saturated rings. The second-order valence-electron chi connectivity index (χ2n) is 10.6. The Morgan fingerprint density at radius 1 is 0.833 bits per heavy atom. The summed E-state index contributed by atoms with van der Waals surface area (Å²) in [5.41, 5.74) is 13.9. The molecule has 4 rings (SSSR count). The van der Waals surface area contributed by atoms with Gasteiger partial charge >= 0.3 is 5.20 Å². The van der Waals surface area contributed by atoms with Crippen LogP contribution in [0.4, 0.5) is 5.95 Å². The first-order valence-corrected chi connectivity index (χ1v) is 18.9. The number of nitrogens with two attached hydrogens (primary N) is 2. The molecule has 0 saturated heterocycles. The number of nitrogens with zero attached hydrogens (tertiary/aromatic N) is 2. The number of rotatable bonds is 8. The molecule has 0 amide bonds. The number of aliphatic imine (C=N–C) groups is 1. The number of nitrogen functional groups attached to an aromatic ring is 1. The summed E-state index contributed by atoms with van der Waals surface area (Å²) in [7, 11) is 3.29. The topological polar surface area (TPSA) is 176 Å². The minimum atomic E-state index is -3.22. The molecule has 6 N–H and O–H groups in total.